The quantitative estimate of drug-likeness (QED) is 0.268. The number of nitrogens with zero attached hydrogens (tertiary/aromatic N) is 2. The molecule has 0 spiro atoms. The predicted molar refractivity (Wildman–Crippen MR) is 158 cm³/mol. The van der Waals surface area contributed by atoms with Gasteiger partial charge >= 0.3 is 0 Å². The molecule has 0 unspecified atom stereocenters. The summed E-state index contributed by atoms with van der Waals surface area (Å²) in [6.45, 7) is 19.1. The van der Waals surface area contributed by atoms with E-state index in [4.69, 9.17) is 14.2 Å². The molecular weight excluding hydrogens is 460 g/mol. The maximum absolute atomic E-state index is 6.00. The van der Waals surface area contributed by atoms with Gasteiger partial charge in [0, 0.05) is 48.7 Å². The van der Waals surface area contributed by atoms with Crippen molar-refractivity contribution in [3.05, 3.63) is 53.1 Å². The maximum atomic E-state index is 6.00. The summed E-state index contributed by atoms with van der Waals surface area (Å²) in [7, 11) is 5.07. The summed E-state index contributed by atoms with van der Waals surface area (Å²) in [4.78, 5) is 4.73. The molecule has 0 fully saturated rings. The van der Waals surface area contributed by atoms with Gasteiger partial charge in [-0.05, 0) is 101 Å². The van der Waals surface area contributed by atoms with E-state index < -0.39 is 0 Å². The van der Waals surface area contributed by atoms with E-state index in [-0.39, 0.29) is 0 Å². The molecule has 0 aromatic heterocycles. The van der Waals surface area contributed by atoms with Crippen molar-refractivity contribution in [3.8, 4) is 39.5 Å². The second-order valence-corrected chi connectivity index (χ2v) is 9.32. The van der Waals surface area contributed by atoms with Crippen molar-refractivity contribution in [3.63, 3.8) is 0 Å². The van der Waals surface area contributed by atoms with Gasteiger partial charge in [-0.2, -0.15) is 0 Å². The van der Waals surface area contributed by atoms with Crippen molar-refractivity contribution < 1.29 is 14.2 Å². The predicted octanol–water partition coefficient (Wildman–Crippen LogP) is 7.66. The summed E-state index contributed by atoms with van der Waals surface area (Å²) in [6, 6.07) is 13.4. The molecular formula is C32H44N2O3. The zero-order chi connectivity index (χ0) is 27.3. The number of rotatable bonds is 11. The molecule has 3 rings (SSSR count). The molecule has 5 nitrogen and oxygen atoms in total. The summed E-state index contributed by atoms with van der Waals surface area (Å²) in [5.74, 6) is 1.99. The van der Waals surface area contributed by atoms with E-state index in [0.717, 1.165) is 54.0 Å². The number of anilines is 2. The van der Waals surface area contributed by atoms with Crippen LogP contribution >= 0.6 is 0 Å². The van der Waals surface area contributed by atoms with Crippen LogP contribution in [0.3, 0.4) is 0 Å². The lowest BCUT2D eigenvalue weighted by atomic mass is 9.87. The van der Waals surface area contributed by atoms with Crippen molar-refractivity contribution in [2.75, 3.05) is 57.3 Å². The molecule has 0 radical (unpaired) electrons. The fourth-order valence-corrected chi connectivity index (χ4v) is 5.45. The Bertz CT molecular complexity index is 1140. The largest absolute Gasteiger partial charge is 0.492 e. The SMILES string of the molecule is CCN(CC)c1ccc(-c2c(C)c(-c3ccc(N(CC)CC)cc3C)c(OC)c(OC)c2OC)c(C)c1. The van der Waals surface area contributed by atoms with Crippen molar-refractivity contribution >= 4 is 11.4 Å². The molecule has 5 heteroatoms. The Balaban J connectivity index is 2.35. The second kappa shape index (κ2) is 12.3. The third kappa shape index (κ3) is 5.22. The van der Waals surface area contributed by atoms with E-state index in [1.807, 2.05) is 0 Å². The van der Waals surface area contributed by atoms with Gasteiger partial charge in [0.1, 0.15) is 0 Å². The fourth-order valence-electron chi connectivity index (χ4n) is 5.45. The average Bonchev–Trinajstić information content (AvgIpc) is 2.90. The van der Waals surface area contributed by atoms with Crippen molar-refractivity contribution in [1.82, 2.24) is 0 Å². The van der Waals surface area contributed by atoms with Crippen LogP contribution in [0.15, 0.2) is 36.4 Å². The zero-order valence-electron chi connectivity index (χ0n) is 24.4. The molecule has 0 heterocycles. The highest BCUT2D eigenvalue weighted by molar-refractivity contribution is 5.92. The highest BCUT2D eigenvalue weighted by Gasteiger charge is 2.28. The van der Waals surface area contributed by atoms with E-state index in [2.05, 4.69) is 94.7 Å². The van der Waals surface area contributed by atoms with Crippen LogP contribution in [0.5, 0.6) is 17.2 Å². The Morgan fingerprint density at radius 3 is 1.16 bits per heavy atom. The smallest absolute Gasteiger partial charge is 0.204 e. The van der Waals surface area contributed by atoms with E-state index in [9.17, 15) is 0 Å². The molecule has 0 amide bonds. The van der Waals surface area contributed by atoms with Gasteiger partial charge in [0.25, 0.3) is 0 Å². The van der Waals surface area contributed by atoms with Crippen LogP contribution < -0.4 is 24.0 Å². The van der Waals surface area contributed by atoms with E-state index in [0.29, 0.717) is 17.2 Å². The first-order valence-corrected chi connectivity index (χ1v) is 13.4. The highest BCUT2D eigenvalue weighted by Crippen LogP contribution is 2.54. The number of hydrogen-bond acceptors (Lipinski definition) is 5. The summed E-state index contributed by atoms with van der Waals surface area (Å²) in [5.41, 5.74) is 10.3. The Hall–Kier alpha value is -3.34. The Labute approximate surface area is 224 Å². The Morgan fingerprint density at radius 1 is 0.541 bits per heavy atom. The van der Waals surface area contributed by atoms with E-state index in [1.165, 1.54) is 22.5 Å². The molecule has 37 heavy (non-hydrogen) atoms. The van der Waals surface area contributed by atoms with Crippen LogP contribution in [-0.2, 0) is 0 Å². The Kier molecular flexibility index (Phi) is 9.36. The van der Waals surface area contributed by atoms with E-state index >= 15 is 0 Å². The normalized spacial score (nSPS) is 10.9. The van der Waals surface area contributed by atoms with Gasteiger partial charge < -0.3 is 24.0 Å². The molecule has 200 valence electrons. The first-order valence-electron chi connectivity index (χ1n) is 13.4. The topological polar surface area (TPSA) is 34.2 Å². The molecule has 0 saturated heterocycles. The number of hydrogen-bond donors (Lipinski definition) is 0. The molecule has 0 N–H and O–H groups in total. The third-order valence-electron chi connectivity index (χ3n) is 7.44. The lowest BCUT2D eigenvalue weighted by molar-refractivity contribution is 0.325. The molecule has 3 aromatic carbocycles. The van der Waals surface area contributed by atoms with Gasteiger partial charge in [-0.15, -0.1) is 0 Å². The van der Waals surface area contributed by atoms with Crippen LogP contribution in [0.25, 0.3) is 22.3 Å². The minimum absolute atomic E-state index is 0.611. The number of aryl methyl sites for hydroxylation is 2. The van der Waals surface area contributed by atoms with Gasteiger partial charge in [-0.1, -0.05) is 12.1 Å². The van der Waals surface area contributed by atoms with Crippen LogP contribution in [-0.4, -0.2) is 47.5 Å². The summed E-state index contributed by atoms with van der Waals surface area (Å²) < 4.78 is 17.9. The zero-order valence-corrected chi connectivity index (χ0v) is 24.4. The second-order valence-electron chi connectivity index (χ2n) is 9.32. The van der Waals surface area contributed by atoms with Crippen LogP contribution in [0, 0.1) is 20.8 Å². The van der Waals surface area contributed by atoms with Gasteiger partial charge in [-0.3, -0.25) is 0 Å². The number of ether oxygens (including phenoxy) is 3. The third-order valence-corrected chi connectivity index (χ3v) is 7.44. The molecule has 0 bridgehead atoms. The van der Waals surface area contributed by atoms with Crippen LogP contribution in [0.2, 0.25) is 0 Å². The summed E-state index contributed by atoms with van der Waals surface area (Å²) >= 11 is 0. The first-order chi connectivity index (χ1) is 17.8. The Morgan fingerprint density at radius 2 is 0.892 bits per heavy atom. The minimum atomic E-state index is 0.611. The molecule has 3 aromatic rings. The lowest BCUT2D eigenvalue weighted by Crippen LogP contribution is -2.21. The van der Waals surface area contributed by atoms with Crippen LogP contribution in [0.1, 0.15) is 44.4 Å². The van der Waals surface area contributed by atoms with Crippen molar-refractivity contribution in [2.45, 2.75) is 48.5 Å². The average molecular weight is 505 g/mol. The van der Waals surface area contributed by atoms with Gasteiger partial charge in [0.05, 0.1) is 21.3 Å². The minimum Gasteiger partial charge on any atom is -0.492 e. The summed E-state index contributed by atoms with van der Waals surface area (Å²) in [6.07, 6.45) is 0. The molecule has 0 atom stereocenters. The first kappa shape index (κ1) is 28.2. The maximum Gasteiger partial charge on any atom is 0.204 e. The molecule has 0 aliphatic carbocycles. The van der Waals surface area contributed by atoms with Crippen molar-refractivity contribution in [1.29, 1.82) is 0 Å². The number of methoxy groups -OCH3 is 3. The van der Waals surface area contributed by atoms with Crippen molar-refractivity contribution in [2.24, 2.45) is 0 Å². The summed E-state index contributed by atoms with van der Waals surface area (Å²) in [5, 5.41) is 0. The lowest BCUT2D eigenvalue weighted by Gasteiger charge is -2.26. The molecule has 0 aliphatic heterocycles. The fraction of sp³-hybridized carbons (Fsp3) is 0.438. The molecule has 0 saturated carbocycles. The monoisotopic (exact) mass is 504 g/mol. The molecule has 0 aliphatic rings. The standard InChI is InChI=1S/C32H44N2O3/c1-11-33(12-2)24-15-17-26(21(5)19-24)28-23(7)29(31(36-9)32(37-10)30(28)35-8)27-18-16-25(20-22(27)6)34(13-3)14-4/h15-20H,11-14H2,1-10H3. The highest BCUT2D eigenvalue weighted by atomic mass is 16.5. The van der Waals surface area contributed by atoms with Crippen LogP contribution in [0.4, 0.5) is 11.4 Å². The van der Waals surface area contributed by atoms with Gasteiger partial charge in [0.15, 0.2) is 11.5 Å². The van der Waals surface area contributed by atoms with Gasteiger partial charge in [-0.25, -0.2) is 0 Å². The van der Waals surface area contributed by atoms with E-state index in [1.54, 1.807) is 21.3 Å². The van der Waals surface area contributed by atoms with Gasteiger partial charge in [0.2, 0.25) is 5.75 Å². The number of benzene rings is 3.